The first-order valence-corrected chi connectivity index (χ1v) is 25.4. The number of hydrogen-bond donors (Lipinski definition) is 0. The van der Waals surface area contributed by atoms with E-state index >= 15 is 0 Å². The van der Waals surface area contributed by atoms with E-state index in [1.165, 1.54) is 77.9 Å². The molecule has 0 radical (unpaired) electrons. The molecular formula is C70H48N2O. The molecule has 0 saturated heterocycles. The summed E-state index contributed by atoms with van der Waals surface area (Å²) in [5.41, 5.74) is 25.2. The van der Waals surface area contributed by atoms with E-state index in [1.54, 1.807) is 0 Å². The fourth-order valence-electron chi connectivity index (χ4n) is 13.2. The van der Waals surface area contributed by atoms with Gasteiger partial charge in [0.2, 0.25) is 0 Å². The van der Waals surface area contributed by atoms with Crippen molar-refractivity contribution in [2.45, 2.75) is 24.7 Å². The first-order chi connectivity index (χ1) is 36.0. The summed E-state index contributed by atoms with van der Waals surface area (Å²) in [4.78, 5) is 4.91. The lowest BCUT2D eigenvalue weighted by atomic mass is 9.69. The van der Waals surface area contributed by atoms with E-state index in [0.29, 0.717) is 0 Å². The molecule has 1 spiro atoms. The lowest BCUT2D eigenvalue weighted by Crippen LogP contribution is -2.27. The number of benzene rings is 11. The van der Waals surface area contributed by atoms with E-state index in [-0.39, 0.29) is 5.41 Å². The van der Waals surface area contributed by atoms with Gasteiger partial charge in [-0.3, -0.25) is 0 Å². The van der Waals surface area contributed by atoms with Gasteiger partial charge >= 0.3 is 0 Å². The van der Waals surface area contributed by atoms with Gasteiger partial charge in [0.25, 0.3) is 0 Å². The molecule has 0 saturated carbocycles. The van der Waals surface area contributed by atoms with Gasteiger partial charge in [0.15, 0.2) is 5.58 Å². The van der Waals surface area contributed by atoms with Crippen LogP contribution in [0.1, 0.15) is 47.2 Å². The zero-order chi connectivity index (χ0) is 48.4. The van der Waals surface area contributed by atoms with Crippen LogP contribution in [0.2, 0.25) is 0 Å². The highest BCUT2D eigenvalue weighted by Crippen LogP contribution is 2.68. The number of furan rings is 1. The highest BCUT2D eigenvalue weighted by atomic mass is 16.3. The Morgan fingerprint density at radius 3 is 1.52 bits per heavy atom. The number of nitrogens with zero attached hydrogens (tertiary/aromatic N) is 2. The molecule has 3 aliphatic rings. The molecule has 12 aromatic rings. The Kier molecular flexibility index (Phi) is 8.92. The summed E-state index contributed by atoms with van der Waals surface area (Å²) < 4.78 is 7.08. The normalized spacial score (nSPS) is 13.8. The molecule has 0 N–H and O–H groups in total. The van der Waals surface area contributed by atoms with E-state index in [2.05, 4.69) is 278 Å². The van der Waals surface area contributed by atoms with Gasteiger partial charge in [-0.25, -0.2) is 0 Å². The van der Waals surface area contributed by atoms with Crippen LogP contribution in [0.25, 0.3) is 66.4 Å². The van der Waals surface area contributed by atoms with Gasteiger partial charge in [-0.2, -0.15) is 0 Å². The molecule has 0 bridgehead atoms. The summed E-state index contributed by atoms with van der Waals surface area (Å²) >= 11 is 0. The number of anilines is 6. The van der Waals surface area contributed by atoms with Crippen LogP contribution in [-0.4, -0.2) is 0 Å². The third-order valence-corrected chi connectivity index (χ3v) is 16.2. The van der Waals surface area contributed by atoms with Gasteiger partial charge < -0.3 is 14.2 Å². The van der Waals surface area contributed by atoms with E-state index < -0.39 is 5.41 Å². The quantitative estimate of drug-likeness (QED) is 0.159. The minimum Gasteiger partial charge on any atom is -0.454 e. The van der Waals surface area contributed by atoms with Gasteiger partial charge in [-0.05, 0) is 139 Å². The maximum atomic E-state index is 7.08. The SMILES string of the molecule is CC1(C)c2ccccc2-c2c3c(cc(N(c4cccc(N(c5ccccc5)c5ccc(-c6ccccc6)cc5)c4)c4cccc5c4oc4ccccc45)c21)C1(c2ccccc2-c2ccccc21)c1ccccc1-3. The number of para-hydroxylation sites is 3. The van der Waals surface area contributed by atoms with Crippen LogP contribution in [0.15, 0.2) is 259 Å². The Labute approximate surface area is 425 Å². The molecule has 3 aliphatic carbocycles. The summed E-state index contributed by atoms with van der Waals surface area (Å²) in [5.74, 6) is 0. The Morgan fingerprint density at radius 1 is 0.329 bits per heavy atom. The van der Waals surface area contributed by atoms with Gasteiger partial charge in [-0.15, -0.1) is 0 Å². The molecule has 73 heavy (non-hydrogen) atoms. The standard InChI is InChI=1S/C70H48N2O/c1-69(2)57-33-14-11-30-55(57)66-65-56-31-12-17-36-60(56)70(58-34-15-9-27-51(58)52-28-10-16-35-59(52)70)61(65)44-63(67(66)69)72(62-37-20-32-54-53-29-13-18-38-64(53)73-68(54)62)50-26-19-25-49(43-50)71(47-23-7-4-8-24-47)48-41-39-46(40-42-48)45-21-5-3-6-22-45/h3-44H,1-2H3. The van der Waals surface area contributed by atoms with Gasteiger partial charge in [0, 0.05) is 38.9 Å². The molecule has 1 heterocycles. The third kappa shape index (κ3) is 5.82. The van der Waals surface area contributed by atoms with Crippen molar-refractivity contribution in [2.75, 3.05) is 9.80 Å². The molecule has 0 aliphatic heterocycles. The first-order valence-electron chi connectivity index (χ1n) is 25.4. The molecule has 15 rings (SSSR count). The first kappa shape index (κ1) is 41.6. The van der Waals surface area contributed by atoms with Gasteiger partial charge in [-0.1, -0.05) is 208 Å². The van der Waals surface area contributed by atoms with Crippen molar-refractivity contribution in [2.24, 2.45) is 0 Å². The van der Waals surface area contributed by atoms with Crippen LogP contribution in [0.3, 0.4) is 0 Å². The molecular weight excluding hydrogens is 885 g/mol. The average Bonchev–Trinajstić information content (AvgIpc) is 4.28. The fraction of sp³-hybridized carbons (Fsp3) is 0.0571. The second-order valence-corrected chi connectivity index (χ2v) is 20.3. The topological polar surface area (TPSA) is 19.6 Å². The van der Waals surface area contributed by atoms with Crippen LogP contribution < -0.4 is 9.80 Å². The summed E-state index contributed by atoms with van der Waals surface area (Å²) in [5, 5.41) is 2.18. The zero-order valence-corrected chi connectivity index (χ0v) is 40.6. The summed E-state index contributed by atoms with van der Waals surface area (Å²) in [6.07, 6.45) is 0. The molecule has 0 atom stereocenters. The highest BCUT2D eigenvalue weighted by molar-refractivity contribution is 6.12. The summed E-state index contributed by atoms with van der Waals surface area (Å²) in [6, 6.07) is 93.8. The number of hydrogen-bond acceptors (Lipinski definition) is 3. The fourth-order valence-corrected chi connectivity index (χ4v) is 13.2. The van der Waals surface area contributed by atoms with E-state index in [4.69, 9.17) is 4.42 Å². The van der Waals surface area contributed by atoms with Crippen LogP contribution in [-0.2, 0) is 10.8 Å². The van der Waals surface area contributed by atoms with Crippen molar-refractivity contribution in [3.05, 3.63) is 288 Å². The van der Waals surface area contributed by atoms with Crippen molar-refractivity contribution >= 4 is 56.1 Å². The molecule has 0 unspecified atom stereocenters. The Balaban J connectivity index is 1.05. The van der Waals surface area contributed by atoms with Crippen LogP contribution in [0, 0.1) is 0 Å². The molecule has 344 valence electrons. The van der Waals surface area contributed by atoms with Crippen LogP contribution in [0.5, 0.6) is 0 Å². The van der Waals surface area contributed by atoms with Crippen molar-refractivity contribution in [3.63, 3.8) is 0 Å². The molecule has 11 aromatic carbocycles. The van der Waals surface area contributed by atoms with E-state index in [9.17, 15) is 0 Å². The minimum absolute atomic E-state index is 0.388. The molecule has 0 amide bonds. The maximum Gasteiger partial charge on any atom is 0.159 e. The monoisotopic (exact) mass is 932 g/mol. The smallest absolute Gasteiger partial charge is 0.159 e. The molecule has 3 nitrogen and oxygen atoms in total. The average molecular weight is 933 g/mol. The van der Waals surface area contributed by atoms with Crippen molar-refractivity contribution in [1.82, 2.24) is 0 Å². The Bertz CT molecular complexity index is 4140. The van der Waals surface area contributed by atoms with Gasteiger partial charge in [0.05, 0.1) is 16.8 Å². The molecule has 0 fully saturated rings. The third-order valence-electron chi connectivity index (χ3n) is 16.2. The van der Waals surface area contributed by atoms with Crippen LogP contribution >= 0.6 is 0 Å². The largest absolute Gasteiger partial charge is 0.454 e. The van der Waals surface area contributed by atoms with Crippen molar-refractivity contribution < 1.29 is 4.42 Å². The van der Waals surface area contributed by atoms with E-state index in [0.717, 1.165) is 56.1 Å². The van der Waals surface area contributed by atoms with Gasteiger partial charge in [0.1, 0.15) is 5.58 Å². The molecule has 1 aromatic heterocycles. The van der Waals surface area contributed by atoms with Crippen molar-refractivity contribution in [3.8, 4) is 44.5 Å². The van der Waals surface area contributed by atoms with E-state index in [1.807, 2.05) is 0 Å². The second-order valence-electron chi connectivity index (χ2n) is 20.3. The number of rotatable bonds is 7. The lowest BCUT2D eigenvalue weighted by molar-refractivity contribution is 0.658. The predicted octanol–water partition coefficient (Wildman–Crippen LogP) is 18.8. The second kappa shape index (κ2) is 15.7. The number of fused-ring (bicyclic) bond motifs is 17. The predicted molar refractivity (Wildman–Crippen MR) is 302 cm³/mol. The summed E-state index contributed by atoms with van der Waals surface area (Å²) in [6.45, 7) is 4.86. The minimum atomic E-state index is -0.570. The summed E-state index contributed by atoms with van der Waals surface area (Å²) in [7, 11) is 0. The lowest BCUT2D eigenvalue weighted by Gasteiger charge is -2.36. The van der Waals surface area contributed by atoms with Crippen molar-refractivity contribution in [1.29, 1.82) is 0 Å². The Morgan fingerprint density at radius 2 is 0.822 bits per heavy atom. The van der Waals surface area contributed by atoms with Crippen LogP contribution in [0.4, 0.5) is 34.1 Å². The zero-order valence-electron chi connectivity index (χ0n) is 40.6. The molecule has 3 heteroatoms. The highest BCUT2D eigenvalue weighted by Gasteiger charge is 2.54. The Hall–Kier alpha value is -9.18. The maximum absolute atomic E-state index is 7.08.